The molecule has 29 heavy (non-hydrogen) atoms. The van der Waals surface area contributed by atoms with E-state index in [4.69, 9.17) is 10.00 Å². The number of nitriles is 1. The number of carbonyl (C=O) groups is 1. The zero-order chi connectivity index (χ0) is 20.9. The third-order valence-corrected chi connectivity index (χ3v) is 4.08. The van der Waals surface area contributed by atoms with Gasteiger partial charge in [-0.1, -0.05) is 30.3 Å². The zero-order valence-corrected chi connectivity index (χ0v) is 15.0. The van der Waals surface area contributed by atoms with Crippen LogP contribution in [0.15, 0.2) is 72.8 Å². The first-order chi connectivity index (χ1) is 13.9. The number of ether oxygens (including phenoxy) is 1. The highest BCUT2D eigenvalue weighted by Gasteiger charge is 2.30. The van der Waals surface area contributed by atoms with Crippen molar-refractivity contribution in [1.82, 2.24) is 5.32 Å². The molecular formula is C22H15F3N2O2. The molecule has 0 atom stereocenters. The first kappa shape index (κ1) is 20.0. The Morgan fingerprint density at radius 2 is 1.62 bits per heavy atom. The maximum atomic E-state index is 12.7. The van der Waals surface area contributed by atoms with Crippen LogP contribution >= 0.6 is 0 Å². The van der Waals surface area contributed by atoms with E-state index in [0.29, 0.717) is 11.3 Å². The third kappa shape index (κ3) is 4.93. The van der Waals surface area contributed by atoms with Crippen LogP contribution in [0.4, 0.5) is 13.2 Å². The summed E-state index contributed by atoms with van der Waals surface area (Å²) in [4.78, 5) is 11.9. The summed E-state index contributed by atoms with van der Waals surface area (Å²) < 4.78 is 43.9. The van der Waals surface area contributed by atoms with Crippen LogP contribution in [0.25, 0.3) is 11.1 Å². The molecule has 0 aliphatic heterocycles. The van der Waals surface area contributed by atoms with Crippen LogP contribution in [0.5, 0.6) is 11.5 Å². The second-order valence-electron chi connectivity index (χ2n) is 6.04. The largest absolute Gasteiger partial charge is 0.457 e. The SMILES string of the molecule is N#CCNC(=O)c1ccc(-c2ccccc2Oc2ccc(C(F)(F)F)cc2)cc1. The van der Waals surface area contributed by atoms with Crippen molar-refractivity contribution in [2.75, 3.05) is 6.54 Å². The van der Waals surface area contributed by atoms with Gasteiger partial charge >= 0.3 is 6.18 Å². The number of nitrogens with zero attached hydrogens (tertiary/aromatic N) is 1. The van der Waals surface area contributed by atoms with Crippen LogP contribution in [-0.2, 0) is 6.18 Å². The fourth-order valence-electron chi connectivity index (χ4n) is 2.66. The van der Waals surface area contributed by atoms with Crippen molar-refractivity contribution in [2.24, 2.45) is 0 Å². The lowest BCUT2D eigenvalue weighted by molar-refractivity contribution is -0.137. The summed E-state index contributed by atoms with van der Waals surface area (Å²) in [6, 6.07) is 20.1. The molecule has 146 valence electrons. The molecule has 0 heterocycles. The van der Waals surface area contributed by atoms with Crippen molar-refractivity contribution in [2.45, 2.75) is 6.18 Å². The lowest BCUT2D eigenvalue weighted by Gasteiger charge is -2.13. The Kier molecular flexibility index (Phi) is 5.84. The van der Waals surface area contributed by atoms with Gasteiger partial charge in [0.1, 0.15) is 18.0 Å². The summed E-state index contributed by atoms with van der Waals surface area (Å²) in [5.74, 6) is 0.388. The smallest absolute Gasteiger partial charge is 0.416 e. The molecule has 3 rings (SSSR count). The van der Waals surface area contributed by atoms with Gasteiger partial charge in [0, 0.05) is 11.1 Å². The molecule has 0 aromatic heterocycles. The van der Waals surface area contributed by atoms with Crippen molar-refractivity contribution < 1.29 is 22.7 Å². The fourth-order valence-corrected chi connectivity index (χ4v) is 2.66. The number of benzene rings is 3. The molecule has 0 radical (unpaired) electrons. The van der Waals surface area contributed by atoms with Gasteiger partial charge in [0.25, 0.3) is 5.91 Å². The summed E-state index contributed by atoms with van der Waals surface area (Å²) >= 11 is 0. The Bertz CT molecular complexity index is 1040. The van der Waals surface area contributed by atoms with Crippen molar-refractivity contribution >= 4 is 5.91 Å². The molecule has 0 fully saturated rings. The molecule has 1 N–H and O–H groups in total. The highest BCUT2D eigenvalue weighted by atomic mass is 19.4. The second-order valence-corrected chi connectivity index (χ2v) is 6.04. The van der Waals surface area contributed by atoms with Crippen LogP contribution in [0.2, 0.25) is 0 Å². The van der Waals surface area contributed by atoms with Crippen molar-refractivity contribution in [3.05, 3.63) is 83.9 Å². The lowest BCUT2D eigenvalue weighted by atomic mass is 10.0. The van der Waals surface area contributed by atoms with E-state index in [9.17, 15) is 18.0 Å². The average molecular weight is 396 g/mol. The van der Waals surface area contributed by atoms with Crippen molar-refractivity contribution in [3.63, 3.8) is 0 Å². The molecule has 0 unspecified atom stereocenters. The van der Waals surface area contributed by atoms with Gasteiger partial charge < -0.3 is 10.1 Å². The molecule has 0 saturated heterocycles. The minimum atomic E-state index is -4.41. The normalized spacial score (nSPS) is 10.8. The van der Waals surface area contributed by atoms with Gasteiger partial charge in [-0.2, -0.15) is 18.4 Å². The molecule has 0 aliphatic rings. The van der Waals surface area contributed by atoms with E-state index in [0.717, 1.165) is 23.3 Å². The summed E-state index contributed by atoms with van der Waals surface area (Å²) in [7, 11) is 0. The van der Waals surface area contributed by atoms with E-state index in [1.54, 1.807) is 36.4 Å². The monoisotopic (exact) mass is 396 g/mol. The van der Waals surface area contributed by atoms with Gasteiger partial charge in [0.15, 0.2) is 0 Å². The Labute approximate surface area is 165 Å². The Morgan fingerprint density at radius 3 is 2.24 bits per heavy atom. The maximum absolute atomic E-state index is 12.7. The second kappa shape index (κ2) is 8.48. The highest BCUT2D eigenvalue weighted by Crippen LogP contribution is 2.35. The van der Waals surface area contributed by atoms with E-state index in [1.807, 2.05) is 18.2 Å². The fraction of sp³-hybridized carbons (Fsp3) is 0.0909. The third-order valence-electron chi connectivity index (χ3n) is 4.08. The van der Waals surface area contributed by atoms with E-state index in [2.05, 4.69) is 5.32 Å². The maximum Gasteiger partial charge on any atom is 0.416 e. The highest BCUT2D eigenvalue weighted by molar-refractivity contribution is 5.94. The van der Waals surface area contributed by atoms with E-state index in [-0.39, 0.29) is 18.2 Å². The number of rotatable bonds is 5. The molecule has 3 aromatic rings. The predicted octanol–water partition coefficient (Wildman–Crippen LogP) is 5.42. The van der Waals surface area contributed by atoms with Gasteiger partial charge in [-0.25, -0.2) is 0 Å². The number of hydrogen-bond donors (Lipinski definition) is 1. The molecular weight excluding hydrogens is 381 g/mol. The van der Waals surface area contributed by atoms with Crippen molar-refractivity contribution in [1.29, 1.82) is 5.26 Å². The lowest BCUT2D eigenvalue weighted by Crippen LogP contribution is -2.23. The number of para-hydroxylation sites is 1. The summed E-state index contributed by atoms with van der Waals surface area (Å²) in [6.07, 6.45) is -4.41. The molecule has 1 amide bonds. The minimum Gasteiger partial charge on any atom is -0.457 e. The number of halogens is 3. The van der Waals surface area contributed by atoms with Crippen LogP contribution in [0.1, 0.15) is 15.9 Å². The van der Waals surface area contributed by atoms with Crippen molar-refractivity contribution in [3.8, 4) is 28.7 Å². The number of alkyl halides is 3. The Morgan fingerprint density at radius 1 is 0.966 bits per heavy atom. The first-order valence-corrected chi connectivity index (χ1v) is 8.58. The number of amides is 1. The number of nitrogens with one attached hydrogen (secondary N) is 1. The van der Waals surface area contributed by atoms with E-state index >= 15 is 0 Å². The van der Waals surface area contributed by atoms with Crippen LogP contribution in [-0.4, -0.2) is 12.5 Å². The molecule has 4 nitrogen and oxygen atoms in total. The number of carbonyl (C=O) groups excluding carboxylic acids is 1. The molecule has 0 bridgehead atoms. The topological polar surface area (TPSA) is 62.1 Å². The first-order valence-electron chi connectivity index (χ1n) is 8.58. The molecule has 3 aromatic carbocycles. The van der Waals surface area contributed by atoms with Gasteiger partial charge in [-0.05, 0) is 48.0 Å². The molecule has 0 saturated carbocycles. The molecule has 0 spiro atoms. The molecule has 0 aliphatic carbocycles. The average Bonchev–Trinajstić information content (AvgIpc) is 2.72. The van der Waals surface area contributed by atoms with E-state index < -0.39 is 11.7 Å². The standard InChI is InChI=1S/C22H15F3N2O2/c23-22(24,25)17-9-11-18(12-10-17)29-20-4-2-1-3-19(20)15-5-7-16(8-6-15)21(28)27-14-13-26/h1-12H,14H2,(H,27,28). The summed E-state index contributed by atoms with van der Waals surface area (Å²) in [5.41, 5.74) is 1.15. The van der Waals surface area contributed by atoms with E-state index in [1.165, 1.54) is 12.1 Å². The van der Waals surface area contributed by atoms with Gasteiger partial charge in [0.2, 0.25) is 0 Å². The molecule has 7 heteroatoms. The quantitative estimate of drug-likeness (QED) is 0.586. The minimum absolute atomic E-state index is 0.0790. The van der Waals surface area contributed by atoms with Crippen LogP contribution in [0.3, 0.4) is 0 Å². The summed E-state index contributed by atoms with van der Waals surface area (Å²) in [5, 5.41) is 11.0. The Balaban J connectivity index is 1.82. The summed E-state index contributed by atoms with van der Waals surface area (Å²) in [6.45, 7) is -0.0790. The van der Waals surface area contributed by atoms with Crippen LogP contribution < -0.4 is 10.1 Å². The van der Waals surface area contributed by atoms with Gasteiger partial charge in [-0.15, -0.1) is 0 Å². The van der Waals surface area contributed by atoms with Gasteiger partial charge in [0.05, 0.1) is 11.6 Å². The van der Waals surface area contributed by atoms with Crippen LogP contribution in [0, 0.1) is 11.3 Å². The number of hydrogen-bond acceptors (Lipinski definition) is 3. The predicted molar refractivity (Wildman–Crippen MR) is 101 cm³/mol. The Hall–Kier alpha value is -3.79. The van der Waals surface area contributed by atoms with Gasteiger partial charge in [-0.3, -0.25) is 4.79 Å². The zero-order valence-electron chi connectivity index (χ0n) is 15.0.